The molecule has 7 heteroatoms. The van der Waals surface area contributed by atoms with Crippen LogP contribution < -0.4 is 5.32 Å². The molecule has 0 unspecified atom stereocenters. The topological polar surface area (TPSA) is 87.8 Å². The summed E-state index contributed by atoms with van der Waals surface area (Å²) in [6.07, 6.45) is 5.22. The average molecular weight is 394 g/mol. The van der Waals surface area contributed by atoms with Crippen molar-refractivity contribution in [1.29, 1.82) is 0 Å². The minimum atomic E-state index is -0.496. The van der Waals surface area contributed by atoms with E-state index >= 15 is 0 Å². The number of aliphatic imine (C=N–C) groups is 1. The van der Waals surface area contributed by atoms with Crippen molar-refractivity contribution < 1.29 is 9.72 Å². The summed E-state index contributed by atoms with van der Waals surface area (Å²) in [5.74, 6) is 0.544. The molecule has 0 bridgehead atoms. The summed E-state index contributed by atoms with van der Waals surface area (Å²) in [6.45, 7) is 4.05. The first kappa shape index (κ1) is 20.5. The van der Waals surface area contributed by atoms with Crippen LogP contribution in [0.4, 0.5) is 17.1 Å². The Hall–Kier alpha value is -3.22. The molecule has 1 heterocycles. The number of nitrogens with one attached hydrogen (secondary N) is 1. The smallest absolute Gasteiger partial charge is 0.270 e. The zero-order chi connectivity index (χ0) is 20.6. The lowest BCUT2D eigenvalue weighted by atomic mass is 10.1. The standard InChI is InChI=1S/C22H26N4O3/c1-2-3-14-25-15-8-7-11-21(25)24-20-13-12-18(26(28)29)16-19(20)22(27)23-17-9-5-4-6-10-17/h4-6,9-10,12-13,16H,2-3,7-8,11,14-15H2,1H3,(H,23,27). The van der Waals surface area contributed by atoms with Gasteiger partial charge in [0.15, 0.2) is 0 Å². The van der Waals surface area contributed by atoms with E-state index in [1.54, 1.807) is 18.2 Å². The maximum absolute atomic E-state index is 12.9. The highest BCUT2D eigenvalue weighted by Gasteiger charge is 2.20. The van der Waals surface area contributed by atoms with Crippen LogP contribution in [-0.4, -0.2) is 34.7 Å². The summed E-state index contributed by atoms with van der Waals surface area (Å²) >= 11 is 0. The number of non-ortho nitro benzene ring substituents is 1. The van der Waals surface area contributed by atoms with Crippen LogP contribution in [-0.2, 0) is 0 Å². The number of carbonyl (C=O) groups is 1. The van der Waals surface area contributed by atoms with E-state index in [2.05, 4.69) is 17.1 Å². The molecule has 0 spiro atoms. The van der Waals surface area contributed by atoms with Gasteiger partial charge in [-0.3, -0.25) is 14.9 Å². The van der Waals surface area contributed by atoms with E-state index in [1.165, 1.54) is 12.1 Å². The number of nitro benzene ring substituents is 1. The summed E-state index contributed by atoms with van der Waals surface area (Å²) < 4.78 is 0. The molecule has 0 radical (unpaired) electrons. The predicted octanol–water partition coefficient (Wildman–Crippen LogP) is 5.16. The van der Waals surface area contributed by atoms with Crippen molar-refractivity contribution in [2.24, 2.45) is 4.99 Å². The number of likely N-dealkylation sites (tertiary alicyclic amines) is 1. The number of benzene rings is 2. The molecule has 0 atom stereocenters. The Morgan fingerprint density at radius 2 is 2.00 bits per heavy atom. The molecule has 7 nitrogen and oxygen atoms in total. The van der Waals surface area contributed by atoms with Gasteiger partial charge in [0.1, 0.15) is 5.84 Å². The Bertz CT molecular complexity index is 896. The van der Waals surface area contributed by atoms with Gasteiger partial charge in [0.25, 0.3) is 11.6 Å². The molecule has 0 aromatic heterocycles. The van der Waals surface area contributed by atoms with Gasteiger partial charge in [-0.25, -0.2) is 4.99 Å². The highest BCUT2D eigenvalue weighted by molar-refractivity contribution is 6.08. The molecule has 2 aromatic carbocycles. The first-order valence-electron chi connectivity index (χ1n) is 10.1. The van der Waals surface area contributed by atoms with E-state index in [9.17, 15) is 14.9 Å². The van der Waals surface area contributed by atoms with E-state index in [0.29, 0.717) is 11.4 Å². The third kappa shape index (κ3) is 5.40. The number of amides is 1. The fourth-order valence-electron chi connectivity index (χ4n) is 3.37. The Morgan fingerprint density at radius 1 is 1.21 bits per heavy atom. The van der Waals surface area contributed by atoms with Gasteiger partial charge in [-0.05, 0) is 37.5 Å². The minimum Gasteiger partial charge on any atom is -0.360 e. The van der Waals surface area contributed by atoms with Crippen molar-refractivity contribution in [1.82, 2.24) is 4.90 Å². The van der Waals surface area contributed by atoms with Crippen molar-refractivity contribution in [2.45, 2.75) is 39.0 Å². The maximum Gasteiger partial charge on any atom is 0.270 e. The van der Waals surface area contributed by atoms with Crippen LogP contribution in [0, 0.1) is 10.1 Å². The van der Waals surface area contributed by atoms with E-state index in [-0.39, 0.29) is 11.3 Å². The lowest BCUT2D eigenvalue weighted by Gasteiger charge is -2.30. The lowest BCUT2D eigenvalue weighted by Crippen LogP contribution is -2.36. The number of amidine groups is 1. The molecule has 2 aromatic rings. The molecular weight excluding hydrogens is 368 g/mol. The van der Waals surface area contributed by atoms with Crippen molar-refractivity contribution in [3.05, 3.63) is 64.2 Å². The second kappa shape index (κ2) is 9.82. The fourth-order valence-corrected chi connectivity index (χ4v) is 3.37. The maximum atomic E-state index is 12.9. The third-order valence-corrected chi connectivity index (χ3v) is 4.94. The quantitative estimate of drug-likeness (QED) is 0.519. The van der Waals surface area contributed by atoms with Gasteiger partial charge in [-0.2, -0.15) is 0 Å². The number of nitro groups is 1. The summed E-state index contributed by atoms with van der Waals surface area (Å²) in [5, 5.41) is 14.0. The van der Waals surface area contributed by atoms with Gasteiger partial charge in [-0.1, -0.05) is 31.5 Å². The summed E-state index contributed by atoms with van der Waals surface area (Å²) in [7, 11) is 0. The third-order valence-electron chi connectivity index (χ3n) is 4.94. The number of hydrogen-bond donors (Lipinski definition) is 1. The van der Waals surface area contributed by atoms with Crippen molar-refractivity contribution in [3.63, 3.8) is 0 Å². The normalized spacial score (nSPS) is 15.3. The molecule has 3 rings (SSSR count). The number of para-hydroxylation sites is 1. The van der Waals surface area contributed by atoms with E-state index in [4.69, 9.17) is 4.99 Å². The van der Waals surface area contributed by atoms with Crippen molar-refractivity contribution in [2.75, 3.05) is 18.4 Å². The number of unbranched alkanes of at least 4 members (excludes halogenated alkanes) is 1. The van der Waals surface area contributed by atoms with E-state index in [0.717, 1.165) is 51.0 Å². The Balaban J connectivity index is 1.94. The van der Waals surface area contributed by atoms with Crippen LogP contribution in [0.1, 0.15) is 49.4 Å². The van der Waals surface area contributed by atoms with Crippen molar-refractivity contribution >= 4 is 28.8 Å². The summed E-state index contributed by atoms with van der Waals surface area (Å²) in [5.41, 5.74) is 1.17. The molecule has 0 saturated carbocycles. The molecule has 0 aliphatic carbocycles. The van der Waals surface area contributed by atoms with E-state index in [1.807, 2.05) is 18.2 Å². The zero-order valence-electron chi connectivity index (χ0n) is 16.6. The number of hydrogen-bond acceptors (Lipinski definition) is 4. The Morgan fingerprint density at radius 3 is 2.72 bits per heavy atom. The fraction of sp³-hybridized carbons (Fsp3) is 0.364. The average Bonchev–Trinajstić information content (AvgIpc) is 2.74. The SMILES string of the molecule is CCCCN1CCCCC1=Nc1ccc([N+](=O)[O-])cc1C(=O)Nc1ccccc1. The van der Waals surface area contributed by atoms with E-state index < -0.39 is 10.8 Å². The van der Waals surface area contributed by atoms with Gasteiger partial charge in [0.05, 0.1) is 16.2 Å². The van der Waals surface area contributed by atoms with Gasteiger partial charge in [0.2, 0.25) is 0 Å². The van der Waals surface area contributed by atoms with Crippen LogP contribution >= 0.6 is 0 Å². The highest BCUT2D eigenvalue weighted by Crippen LogP contribution is 2.27. The van der Waals surface area contributed by atoms with Crippen molar-refractivity contribution in [3.8, 4) is 0 Å². The molecule has 1 aliphatic rings. The second-order valence-electron chi connectivity index (χ2n) is 7.10. The van der Waals surface area contributed by atoms with Crippen LogP contribution in [0.15, 0.2) is 53.5 Å². The van der Waals surface area contributed by atoms with Crippen LogP contribution in [0.5, 0.6) is 0 Å². The molecule has 1 saturated heterocycles. The number of piperidine rings is 1. The molecule has 29 heavy (non-hydrogen) atoms. The molecular formula is C22H26N4O3. The largest absolute Gasteiger partial charge is 0.360 e. The molecule has 1 aliphatic heterocycles. The minimum absolute atomic E-state index is 0.126. The second-order valence-corrected chi connectivity index (χ2v) is 7.10. The zero-order valence-corrected chi connectivity index (χ0v) is 16.6. The van der Waals surface area contributed by atoms with Gasteiger partial charge >= 0.3 is 0 Å². The summed E-state index contributed by atoms with van der Waals surface area (Å²) in [4.78, 5) is 30.7. The monoisotopic (exact) mass is 394 g/mol. The van der Waals surface area contributed by atoms with Crippen LogP contribution in [0.2, 0.25) is 0 Å². The molecule has 1 fully saturated rings. The number of nitrogens with zero attached hydrogens (tertiary/aromatic N) is 3. The Kier molecular flexibility index (Phi) is 6.94. The first-order chi connectivity index (χ1) is 14.1. The molecule has 1 N–H and O–H groups in total. The summed E-state index contributed by atoms with van der Waals surface area (Å²) in [6, 6.07) is 13.3. The lowest BCUT2D eigenvalue weighted by molar-refractivity contribution is -0.384. The molecule has 152 valence electrons. The molecule has 1 amide bonds. The van der Waals surface area contributed by atoms with Gasteiger partial charge in [0, 0.05) is 37.3 Å². The highest BCUT2D eigenvalue weighted by atomic mass is 16.6. The predicted molar refractivity (Wildman–Crippen MR) is 115 cm³/mol. The van der Waals surface area contributed by atoms with Gasteiger partial charge in [-0.15, -0.1) is 0 Å². The van der Waals surface area contributed by atoms with Gasteiger partial charge < -0.3 is 10.2 Å². The Labute approximate surface area is 170 Å². The first-order valence-corrected chi connectivity index (χ1v) is 10.1. The van der Waals surface area contributed by atoms with Crippen LogP contribution in [0.25, 0.3) is 0 Å². The number of rotatable bonds is 7. The number of anilines is 1. The van der Waals surface area contributed by atoms with Crippen LogP contribution in [0.3, 0.4) is 0 Å². The number of carbonyl (C=O) groups excluding carboxylic acids is 1.